The van der Waals surface area contributed by atoms with Crippen LogP contribution in [0.25, 0.3) is 0 Å². The van der Waals surface area contributed by atoms with Gasteiger partial charge < -0.3 is 9.57 Å². The van der Waals surface area contributed by atoms with Crippen LogP contribution in [0.2, 0.25) is 0 Å². The molecular formula is C17H19N3O6S2. The van der Waals surface area contributed by atoms with Gasteiger partial charge in [-0.2, -0.15) is 0 Å². The fourth-order valence-corrected chi connectivity index (χ4v) is 3.90. The molecule has 0 spiro atoms. The highest BCUT2D eigenvalue weighted by Gasteiger charge is 2.26. The summed E-state index contributed by atoms with van der Waals surface area (Å²) in [6, 6.07) is 9.20. The maximum atomic E-state index is 12.1. The van der Waals surface area contributed by atoms with Gasteiger partial charge in [0, 0.05) is 20.4 Å². The summed E-state index contributed by atoms with van der Waals surface area (Å²) >= 11 is 0. The first-order valence-electron chi connectivity index (χ1n) is 8.16. The Bertz CT molecular complexity index is 1090. The van der Waals surface area contributed by atoms with E-state index >= 15 is 0 Å². The summed E-state index contributed by atoms with van der Waals surface area (Å²) in [6.07, 6.45) is 2.31. The highest BCUT2D eigenvalue weighted by molar-refractivity contribution is 7.90. The number of rotatable bonds is 5. The highest BCUT2D eigenvalue weighted by Crippen LogP contribution is 2.29. The summed E-state index contributed by atoms with van der Waals surface area (Å²) < 4.78 is 53.8. The number of sulfonamides is 1. The molecule has 0 bridgehead atoms. The monoisotopic (exact) mass is 425 g/mol. The zero-order valence-electron chi connectivity index (χ0n) is 15.4. The summed E-state index contributed by atoms with van der Waals surface area (Å²) in [5, 5.41) is 3.84. The Hall–Kier alpha value is -2.50. The molecule has 150 valence electrons. The van der Waals surface area contributed by atoms with E-state index in [4.69, 9.17) is 9.57 Å². The molecular weight excluding hydrogens is 406 g/mol. The molecule has 9 nitrogen and oxygen atoms in total. The van der Waals surface area contributed by atoms with Crippen LogP contribution in [0.5, 0.6) is 5.75 Å². The maximum Gasteiger partial charge on any atom is 0.242 e. The molecule has 0 unspecified atom stereocenters. The lowest BCUT2D eigenvalue weighted by molar-refractivity contribution is 0.0855. The van der Waals surface area contributed by atoms with Crippen LogP contribution in [-0.2, 0) is 24.7 Å². The van der Waals surface area contributed by atoms with Crippen LogP contribution in [0.4, 0.5) is 0 Å². The third kappa shape index (κ3) is 4.32. The Morgan fingerprint density at radius 3 is 2.29 bits per heavy atom. The van der Waals surface area contributed by atoms with E-state index < -0.39 is 26.0 Å². The van der Waals surface area contributed by atoms with E-state index in [1.54, 1.807) is 12.1 Å². The van der Waals surface area contributed by atoms with Crippen molar-refractivity contribution in [3.8, 4) is 5.75 Å². The average Bonchev–Trinajstić information content (AvgIpc) is 3.10. The van der Waals surface area contributed by atoms with Crippen molar-refractivity contribution in [1.29, 1.82) is 0 Å². The smallest absolute Gasteiger partial charge is 0.242 e. The first kappa shape index (κ1) is 20.2. The van der Waals surface area contributed by atoms with Gasteiger partial charge >= 0.3 is 0 Å². The molecule has 1 aliphatic rings. The van der Waals surface area contributed by atoms with Gasteiger partial charge in [0.1, 0.15) is 5.75 Å². The van der Waals surface area contributed by atoms with E-state index in [1.165, 1.54) is 44.6 Å². The molecule has 1 aromatic carbocycles. The van der Waals surface area contributed by atoms with E-state index in [1.807, 2.05) is 0 Å². The van der Waals surface area contributed by atoms with Crippen molar-refractivity contribution in [3.63, 3.8) is 0 Å². The molecule has 11 heteroatoms. The number of sulfone groups is 1. The molecule has 0 saturated carbocycles. The Morgan fingerprint density at radius 2 is 1.75 bits per heavy atom. The van der Waals surface area contributed by atoms with Crippen LogP contribution in [0.3, 0.4) is 0 Å². The summed E-state index contributed by atoms with van der Waals surface area (Å²) in [5.41, 5.74) is 0.755. The molecule has 1 atom stereocenters. The van der Waals surface area contributed by atoms with Crippen LogP contribution < -0.4 is 4.74 Å². The van der Waals surface area contributed by atoms with Crippen molar-refractivity contribution in [3.05, 3.63) is 48.2 Å². The minimum absolute atomic E-state index is 0.0462. The molecule has 0 N–H and O–H groups in total. The second-order valence-electron chi connectivity index (χ2n) is 6.35. The number of pyridine rings is 1. The van der Waals surface area contributed by atoms with Crippen molar-refractivity contribution >= 4 is 25.8 Å². The molecule has 3 rings (SSSR count). The summed E-state index contributed by atoms with van der Waals surface area (Å²) in [4.78, 5) is 9.40. The predicted octanol–water partition coefficient (Wildman–Crippen LogP) is 1.59. The van der Waals surface area contributed by atoms with Crippen LogP contribution in [0, 0.1) is 0 Å². The van der Waals surface area contributed by atoms with Crippen LogP contribution in [0.1, 0.15) is 18.1 Å². The van der Waals surface area contributed by atoms with E-state index in [9.17, 15) is 16.8 Å². The molecule has 28 heavy (non-hydrogen) atoms. The van der Waals surface area contributed by atoms with Gasteiger partial charge in [-0.15, -0.1) is 0 Å². The van der Waals surface area contributed by atoms with Crippen LogP contribution in [0.15, 0.2) is 57.7 Å². The number of hydrogen-bond acceptors (Lipinski definition) is 8. The second-order valence-corrected chi connectivity index (χ2v) is 10.5. The Kier molecular flexibility index (Phi) is 5.41. The summed E-state index contributed by atoms with van der Waals surface area (Å²) in [7, 11) is -3.93. The molecule has 1 aliphatic heterocycles. The van der Waals surface area contributed by atoms with E-state index in [0.29, 0.717) is 18.1 Å². The highest BCUT2D eigenvalue weighted by atomic mass is 32.2. The molecule has 2 heterocycles. The standard InChI is InChI=1S/C17H19N3O6S2/c1-20(2)28(23,24)14-7-4-12(5-8-14)15-10-16(19-26-15)25-13-6-9-17(18-11-13)27(3,21)22/h4-9,11,15H,10H2,1-3H3/t15-/m0/s1. The van der Waals surface area contributed by atoms with Crippen molar-refractivity contribution < 1.29 is 26.4 Å². The minimum Gasteiger partial charge on any atom is -0.438 e. The third-order valence-corrected chi connectivity index (χ3v) is 6.83. The van der Waals surface area contributed by atoms with Gasteiger partial charge in [-0.1, -0.05) is 17.3 Å². The van der Waals surface area contributed by atoms with Crippen molar-refractivity contribution in [2.45, 2.75) is 22.4 Å². The average molecular weight is 425 g/mol. The van der Waals surface area contributed by atoms with E-state index in [-0.39, 0.29) is 9.92 Å². The third-order valence-electron chi connectivity index (χ3n) is 4.00. The first-order valence-corrected chi connectivity index (χ1v) is 11.5. The molecule has 0 radical (unpaired) electrons. The van der Waals surface area contributed by atoms with Crippen molar-refractivity contribution in [1.82, 2.24) is 9.29 Å². The number of ether oxygens (including phenoxy) is 1. The van der Waals surface area contributed by atoms with Gasteiger partial charge in [0.2, 0.25) is 15.9 Å². The van der Waals surface area contributed by atoms with Gasteiger partial charge in [-0.3, -0.25) is 0 Å². The number of hydrogen-bond donors (Lipinski definition) is 0. The molecule has 0 fully saturated rings. The normalized spacial score (nSPS) is 17.3. The van der Waals surface area contributed by atoms with Gasteiger partial charge in [0.15, 0.2) is 21.0 Å². The number of oxime groups is 1. The molecule has 0 amide bonds. The van der Waals surface area contributed by atoms with Crippen LogP contribution in [-0.4, -0.2) is 52.4 Å². The second kappa shape index (κ2) is 7.49. The van der Waals surface area contributed by atoms with E-state index in [0.717, 1.165) is 16.1 Å². The van der Waals surface area contributed by atoms with Gasteiger partial charge in [0.25, 0.3) is 0 Å². The lowest BCUT2D eigenvalue weighted by atomic mass is 10.1. The summed E-state index contributed by atoms with van der Waals surface area (Å²) in [5.74, 6) is 0.645. The van der Waals surface area contributed by atoms with Gasteiger partial charge in [-0.05, 0) is 29.8 Å². The molecule has 0 saturated heterocycles. The zero-order chi connectivity index (χ0) is 20.5. The molecule has 2 aromatic rings. The van der Waals surface area contributed by atoms with Crippen molar-refractivity contribution in [2.75, 3.05) is 20.4 Å². The SMILES string of the molecule is CN(C)S(=O)(=O)c1ccc([C@@H]2CC(Oc3ccc(S(C)(=O)=O)nc3)=NO2)cc1. The number of aromatic nitrogens is 1. The van der Waals surface area contributed by atoms with Gasteiger partial charge in [0.05, 0.1) is 17.5 Å². The van der Waals surface area contributed by atoms with Gasteiger partial charge in [-0.25, -0.2) is 26.1 Å². The topological polar surface area (TPSA) is 115 Å². The lowest BCUT2D eigenvalue weighted by Crippen LogP contribution is -2.22. The number of nitrogens with zero attached hydrogens (tertiary/aromatic N) is 3. The molecule has 1 aromatic heterocycles. The quantitative estimate of drug-likeness (QED) is 0.714. The predicted molar refractivity (Wildman–Crippen MR) is 101 cm³/mol. The largest absolute Gasteiger partial charge is 0.438 e. The fraction of sp³-hybridized carbons (Fsp3) is 0.294. The minimum atomic E-state index is -3.49. The number of benzene rings is 1. The van der Waals surface area contributed by atoms with Crippen molar-refractivity contribution in [2.24, 2.45) is 5.16 Å². The first-order chi connectivity index (χ1) is 13.1. The summed E-state index contributed by atoms with van der Waals surface area (Å²) in [6.45, 7) is 0. The maximum absolute atomic E-state index is 12.1. The van der Waals surface area contributed by atoms with E-state index in [2.05, 4.69) is 10.1 Å². The Morgan fingerprint density at radius 1 is 1.07 bits per heavy atom. The zero-order valence-corrected chi connectivity index (χ0v) is 17.1. The lowest BCUT2D eigenvalue weighted by Gasteiger charge is -2.13. The molecule has 0 aliphatic carbocycles. The van der Waals surface area contributed by atoms with Crippen LogP contribution >= 0.6 is 0 Å². The Labute approximate surface area is 163 Å². The Balaban J connectivity index is 1.65. The fourth-order valence-electron chi connectivity index (χ4n) is 2.44.